The Morgan fingerprint density at radius 3 is 2.53 bits per heavy atom. The molecule has 0 fully saturated rings. The van der Waals surface area contributed by atoms with Crippen LogP contribution < -0.4 is 11.5 Å². The van der Waals surface area contributed by atoms with Gasteiger partial charge in [0.05, 0.1) is 11.4 Å². The average Bonchev–Trinajstić information content (AvgIpc) is 2.25. The highest BCUT2D eigenvalue weighted by Crippen LogP contribution is 2.27. The van der Waals surface area contributed by atoms with Crippen LogP contribution in [0.1, 0.15) is 18.9 Å². The lowest BCUT2D eigenvalue weighted by Crippen LogP contribution is -1.95. The number of anilines is 2. The number of hydrogen-bond donors (Lipinski definition) is 2. The SMILES string of the molecule is CCCc1ccc2ccc(N)c(N)c2c1. The second-order valence-corrected chi connectivity index (χ2v) is 3.87. The summed E-state index contributed by atoms with van der Waals surface area (Å²) in [4.78, 5) is 0. The van der Waals surface area contributed by atoms with Crippen LogP contribution in [0.3, 0.4) is 0 Å². The van der Waals surface area contributed by atoms with Crippen LogP contribution in [-0.2, 0) is 6.42 Å². The van der Waals surface area contributed by atoms with E-state index in [2.05, 4.69) is 25.1 Å². The second kappa shape index (κ2) is 3.81. The summed E-state index contributed by atoms with van der Waals surface area (Å²) in [6.45, 7) is 2.17. The molecule has 0 aliphatic heterocycles. The van der Waals surface area contributed by atoms with E-state index in [-0.39, 0.29) is 0 Å². The Morgan fingerprint density at radius 1 is 1.07 bits per heavy atom. The van der Waals surface area contributed by atoms with Gasteiger partial charge in [-0.15, -0.1) is 0 Å². The Morgan fingerprint density at radius 2 is 1.80 bits per heavy atom. The number of aryl methyl sites for hydroxylation is 1. The zero-order valence-electron chi connectivity index (χ0n) is 8.96. The van der Waals surface area contributed by atoms with Gasteiger partial charge in [-0.25, -0.2) is 0 Å². The van der Waals surface area contributed by atoms with Crippen LogP contribution in [0.5, 0.6) is 0 Å². The van der Waals surface area contributed by atoms with Gasteiger partial charge in [0.15, 0.2) is 0 Å². The van der Waals surface area contributed by atoms with Gasteiger partial charge in [0.1, 0.15) is 0 Å². The summed E-state index contributed by atoms with van der Waals surface area (Å²) in [7, 11) is 0. The summed E-state index contributed by atoms with van der Waals surface area (Å²) < 4.78 is 0. The Hall–Kier alpha value is -1.70. The summed E-state index contributed by atoms with van der Waals surface area (Å²) >= 11 is 0. The van der Waals surface area contributed by atoms with Crippen molar-refractivity contribution < 1.29 is 0 Å². The lowest BCUT2D eigenvalue weighted by molar-refractivity contribution is 0.924. The number of fused-ring (bicyclic) bond motifs is 1. The highest BCUT2D eigenvalue weighted by molar-refractivity contribution is 5.98. The lowest BCUT2D eigenvalue weighted by atomic mass is 10.0. The van der Waals surface area contributed by atoms with Gasteiger partial charge in [-0.2, -0.15) is 0 Å². The standard InChI is InChI=1S/C13H16N2/c1-2-3-9-4-5-10-6-7-12(14)13(15)11(10)8-9/h4-8H,2-3,14-15H2,1H3. The molecule has 2 aromatic carbocycles. The van der Waals surface area contributed by atoms with Crippen molar-refractivity contribution >= 4 is 22.1 Å². The number of benzene rings is 2. The molecule has 2 rings (SSSR count). The molecule has 0 bridgehead atoms. The van der Waals surface area contributed by atoms with Crippen LogP contribution in [-0.4, -0.2) is 0 Å². The van der Waals surface area contributed by atoms with E-state index in [0.717, 1.165) is 23.6 Å². The zero-order chi connectivity index (χ0) is 10.8. The molecule has 0 heterocycles. The molecule has 0 unspecified atom stereocenters. The van der Waals surface area contributed by atoms with Crippen molar-refractivity contribution in [1.29, 1.82) is 0 Å². The van der Waals surface area contributed by atoms with Crippen molar-refractivity contribution in [2.24, 2.45) is 0 Å². The summed E-state index contributed by atoms with van der Waals surface area (Å²) in [5, 5.41) is 2.22. The van der Waals surface area contributed by atoms with Crippen molar-refractivity contribution in [1.82, 2.24) is 0 Å². The molecule has 78 valence electrons. The summed E-state index contributed by atoms with van der Waals surface area (Å²) in [5.41, 5.74) is 14.4. The second-order valence-electron chi connectivity index (χ2n) is 3.87. The van der Waals surface area contributed by atoms with Crippen molar-refractivity contribution in [2.75, 3.05) is 11.5 Å². The number of nitrogens with two attached hydrogens (primary N) is 2. The summed E-state index contributed by atoms with van der Waals surface area (Å²) in [5.74, 6) is 0. The van der Waals surface area contributed by atoms with E-state index in [1.54, 1.807) is 0 Å². The molecule has 0 saturated carbocycles. The maximum atomic E-state index is 5.96. The first kappa shape index (κ1) is 9.84. The molecule has 0 atom stereocenters. The van der Waals surface area contributed by atoms with Gasteiger partial charge in [0.2, 0.25) is 0 Å². The third-order valence-electron chi connectivity index (χ3n) is 2.70. The van der Waals surface area contributed by atoms with E-state index in [9.17, 15) is 0 Å². The van der Waals surface area contributed by atoms with Crippen LogP contribution in [0.25, 0.3) is 10.8 Å². The van der Waals surface area contributed by atoms with Gasteiger partial charge >= 0.3 is 0 Å². The quantitative estimate of drug-likeness (QED) is 0.732. The summed E-state index contributed by atoms with van der Waals surface area (Å²) in [6, 6.07) is 10.3. The molecule has 0 saturated heterocycles. The van der Waals surface area contributed by atoms with E-state index in [1.807, 2.05) is 12.1 Å². The smallest absolute Gasteiger partial charge is 0.0627 e. The van der Waals surface area contributed by atoms with Crippen LogP contribution in [0, 0.1) is 0 Å². The molecule has 0 amide bonds. The van der Waals surface area contributed by atoms with Gasteiger partial charge in [-0.05, 0) is 29.5 Å². The van der Waals surface area contributed by atoms with Crippen molar-refractivity contribution in [3.05, 3.63) is 35.9 Å². The van der Waals surface area contributed by atoms with Gasteiger partial charge in [0.25, 0.3) is 0 Å². The van der Waals surface area contributed by atoms with E-state index in [4.69, 9.17) is 11.5 Å². The molecule has 15 heavy (non-hydrogen) atoms. The highest BCUT2D eigenvalue weighted by Gasteiger charge is 2.02. The topological polar surface area (TPSA) is 52.0 Å². The fraction of sp³-hybridized carbons (Fsp3) is 0.231. The van der Waals surface area contributed by atoms with E-state index in [0.29, 0.717) is 11.4 Å². The van der Waals surface area contributed by atoms with Gasteiger partial charge in [-0.1, -0.05) is 31.5 Å². The first-order valence-corrected chi connectivity index (χ1v) is 5.29. The Bertz CT molecular complexity index is 489. The van der Waals surface area contributed by atoms with Gasteiger partial charge in [-0.3, -0.25) is 0 Å². The number of hydrogen-bond acceptors (Lipinski definition) is 2. The van der Waals surface area contributed by atoms with Crippen LogP contribution >= 0.6 is 0 Å². The molecule has 2 nitrogen and oxygen atoms in total. The average molecular weight is 200 g/mol. The molecular formula is C13H16N2. The van der Waals surface area contributed by atoms with Crippen molar-refractivity contribution in [2.45, 2.75) is 19.8 Å². The molecule has 0 aliphatic rings. The van der Waals surface area contributed by atoms with Crippen molar-refractivity contribution in [3.63, 3.8) is 0 Å². The van der Waals surface area contributed by atoms with E-state index < -0.39 is 0 Å². The normalized spacial score (nSPS) is 10.7. The third kappa shape index (κ3) is 1.75. The molecular weight excluding hydrogens is 184 g/mol. The fourth-order valence-electron chi connectivity index (χ4n) is 1.85. The fourth-order valence-corrected chi connectivity index (χ4v) is 1.85. The van der Waals surface area contributed by atoms with Crippen molar-refractivity contribution in [3.8, 4) is 0 Å². The minimum absolute atomic E-state index is 0.663. The first-order valence-electron chi connectivity index (χ1n) is 5.29. The maximum absolute atomic E-state index is 5.96. The maximum Gasteiger partial charge on any atom is 0.0627 e. The molecule has 0 radical (unpaired) electrons. The first-order chi connectivity index (χ1) is 7.22. The number of rotatable bonds is 2. The lowest BCUT2D eigenvalue weighted by Gasteiger charge is -2.07. The molecule has 0 aliphatic carbocycles. The molecule has 0 aromatic heterocycles. The Labute approximate surface area is 89.9 Å². The molecule has 0 spiro atoms. The highest BCUT2D eigenvalue weighted by atomic mass is 14.7. The predicted octanol–water partition coefficient (Wildman–Crippen LogP) is 2.96. The minimum atomic E-state index is 0.663. The van der Waals surface area contributed by atoms with Crippen LogP contribution in [0.15, 0.2) is 30.3 Å². The monoisotopic (exact) mass is 200 g/mol. The third-order valence-corrected chi connectivity index (χ3v) is 2.70. The van der Waals surface area contributed by atoms with Gasteiger partial charge in [0, 0.05) is 5.39 Å². The Balaban J connectivity index is 2.63. The van der Waals surface area contributed by atoms with Crippen LogP contribution in [0.2, 0.25) is 0 Å². The molecule has 4 N–H and O–H groups in total. The minimum Gasteiger partial charge on any atom is -0.397 e. The Kier molecular flexibility index (Phi) is 2.50. The number of nitrogen functional groups attached to an aromatic ring is 2. The van der Waals surface area contributed by atoms with Crippen LogP contribution in [0.4, 0.5) is 11.4 Å². The zero-order valence-corrected chi connectivity index (χ0v) is 8.96. The largest absolute Gasteiger partial charge is 0.397 e. The van der Waals surface area contributed by atoms with E-state index in [1.165, 1.54) is 5.56 Å². The molecule has 2 heteroatoms. The summed E-state index contributed by atoms with van der Waals surface area (Å²) in [6.07, 6.45) is 2.23. The van der Waals surface area contributed by atoms with Gasteiger partial charge < -0.3 is 11.5 Å². The van der Waals surface area contributed by atoms with E-state index >= 15 is 0 Å². The predicted molar refractivity (Wildman–Crippen MR) is 66.8 cm³/mol. The molecule has 2 aromatic rings.